The first-order valence-electron chi connectivity index (χ1n) is 8.56. The number of hydrogen-bond donors (Lipinski definition) is 2. The van der Waals surface area contributed by atoms with Crippen LogP contribution in [0.5, 0.6) is 11.5 Å². The Morgan fingerprint density at radius 2 is 1.79 bits per heavy atom. The van der Waals surface area contributed by atoms with E-state index >= 15 is 0 Å². The van der Waals surface area contributed by atoms with Gasteiger partial charge in [-0.15, -0.1) is 0 Å². The monoisotopic (exact) mass is 426 g/mol. The Bertz CT molecular complexity index is 977. The molecule has 0 saturated carbocycles. The summed E-state index contributed by atoms with van der Waals surface area (Å²) in [6.45, 7) is 4.19. The van der Waals surface area contributed by atoms with Crippen molar-refractivity contribution in [3.8, 4) is 11.5 Å². The Labute approximate surface area is 170 Å². The summed E-state index contributed by atoms with van der Waals surface area (Å²) in [7, 11) is -1.16. The van der Waals surface area contributed by atoms with Crippen molar-refractivity contribution in [1.29, 1.82) is 0 Å². The van der Waals surface area contributed by atoms with Crippen molar-refractivity contribution in [2.75, 3.05) is 25.5 Å². The molecule has 152 valence electrons. The molecule has 0 unspecified atom stereocenters. The second-order valence-electron chi connectivity index (χ2n) is 6.03. The topological polar surface area (TPSA) is 93.7 Å². The van der Waals surface area contributed by atoms with Gasteiger partial charge in [-0.05, 0) is 31.0 Å². The Hall–Kier alpha value is -2.45. The zero-order valence-electron chi connectivity index (χ0n) is 16.1. The zero-order chi connectivity index (χ0) is 20.9. The van der Waals surface area contributed by atoms with Gasteiger partial charge in [0.25, 0.3) is 15.9 Å². The van der Waals surface area contributed by atoms with Crippen LogP contribution in [0.15, 0.2) is 35.2 Å². The normalized spacial score (nSPS) is 11.0. The number of carbonyl (C=O) groups is 1. The lowest BCUT2D eigenvalue weighted by Crippen LogP contribution is -2.25. The van der Waals surface area contributed by atoms with Crippen molar-refractivity contribution in [2.45, 2.75) is 25.2 Å². The fraction of sp³-hybridized carbons (Fsp3) is 0.316. The van der Waals surface area contributed by atoms with Gasteiger partial charge in [0.1, 0.15) is 11.5 Å². The minimum atomic E-state index is -3.99. The van der Waals surface area contributed by atoms with Crippen LogP contribution in [0, 0.1) is 6.92 Å². The van der Waals surface area contributed by atoms with Gasteiger partial charge in [0.15, 0.2) is 0 Å². The SMILES string of the molecule is CCCNC(=O)c1cc(S(=O)(=O)Nc2cc(OC)c(Cl)cc2OC)ccc1C. The molecule has 0 aliphatic carbocycles. The van der Waals surface area contributed by atoms with Gasteiger partial charge in [-0.2, -0.15) is 0 Å². The molecule has 0 bridgehead atoms. The van der Waals surface area contributed by atoms with E-state index in [1.165, 1.54) is 38.5 Å². The average Bonchev–Trinajstić information content (AvgIpc) is 2.67. The lowest BCUT2D eigenvalue weighted by atomic mass is 10.1. The second-order valence-corrected chi connectivity index (χ2v) is 8.11. The van der Waals surface area contributed by atoms with Gasteiger partial charge >= 0.3 is 0 Å². The Morgan fingerprint density at radius 1 is 1.11 bits per heavy atom. The van der Waals surface area contributed by atoms with Crippen LogP contribution in [-0.4, -0.2) is 35.1 Å². The van der Waals surface area contributed by atoms with E-state index in [0.29, 0.717) is 23.4 Å². The van der Waals surface area contributed by atoms with Gasteiger partial charge in [-0.25, -0.2) is 8.42 Å². The predicted octanol–water partition coefficient (Wildman–Crippen LogP) is 3.61. The summed E-state index contributed by atoms with van der Waals surface area (Å²) < 4.78 is 38.6. The van der Waals surface area contributed by atoms with Crippen LogP contribution in [-0.2, 0) is 10.0 Å². The highest BCUT2D eigenvalue weighted by molar-refractivity contribution is 7.92. The molecular weight excluding hydrogens is 404 g/mol. The third kappa shape index (κ3) is 4.88. The molecule has 0 atom stereocenters. The van der Waals surface area contributed by atoms with Gasteiger partial charge in [-0.3, -0.25) is 9.52 Å². The predicted molar refractivity (Wildman–Crippen MR) is 109 cm³/mol. The van der Waals surface area contributed by atoms with Crippen molar-refractivity contribution in [2.24, 2.45) is 0 Å². The maximum absolute atomic E-state index is 12.9. The van der Waals surface area contributed by atoms with Crippen molar-refractivity contribution >= 4 is 33.2 Å². The highest BCUT2D eigenvalue weighted by Crippen LogP contribution is 2.37. The maximum Gasteiger partial charge on any atom is 0.262 e. The molecule has 9 heteroatoms. The first-order chi connectivity index (χ1) is 13.2. The summed E-state index contributed by atoms with van der Waals surface area (Å²) in [6.07, 6.45) is 0.780. The van der Waals surface area contributed by atoms with Crippen LogP contribution in [0.25, 0.3) is 0 Å². The van der Waals surface area contributed by atoms with Crippen LogP contribution in [0.4, 0.5) is 5.69 Å². The molecule has 0 radical (unpaired) electrons. The van der Waals surface area contributed by atoms with Crippen LogP contribution in [0.3, 0.4) is 0 Å². The Balaban J connectivity index is 2.42. The average molecular weight is 427 g/mol. The van der Waals surface area contributed by atoms with E-state index in [4.69, 9.17) is 21.1 Å². The fourth-order valence-corrected chi connectivity index (χ4v) is 3.81. The maximum atomic E-state index is 12.9. The molecule has 0 aromatic heterocycles. The lowest BCUT2D eigenvalue weighted by molar-refractivity contribution is 0.0953. The number of sulfonamides is 1. The summed E-state index contributed by atoms with van der Waals surface area (Å²) in [4.78, 5) is 12.3. The summed E-state index contributed by atoms with van der Waals surface area (Å²) in [6, 6.07) is 7.27. The summed E-state index contributed by atoms with van der Waals surface area (Å²) in [5.41, 5.74) is 1.15. The van der Waals surface area contributed by atoms with Crippen LogP contribution >= 0.6 is 11.6 Å². The minimum Gasteiger partial charge on any atom is -0.495 e. The summed E-state index contributed by atoms with van der Waals surface area (Å²) in [5, 5.41) is 3.04. The quantitative estimate of drug-likeness (QED) is 0.672. The minimum absolute atomic E-state index is 0.0456. The third-order valence-electron chi connectivity index (χ3n) is 4.02. The third-order valence-corrected chi connectivity index (χ3v) is 5.68. The molecular formula is C19H23ClN2O5S. The molecule has 7 nitrogen and oxygen atoms in total. The van der Waals surface area contributed by atoms with Crippen molar-refractivity contribution in [3.63, 3.8) is 0 Å². The molecule has 2 N–H and O–H groups in total. The molecule has 2 aromatic carbocycles. The molecule has 2 aromatic rings. The van der Waals surface area contributed by atoms with Crippen molar-refractivity contribution in [1.82, 2.24) is 5.32 Å². The number of hydrogen-bond acceptors (Lipinski definition) is 5. The number of rotatable bonds is 8. The molecule has 0 aliphatic rings. The van der Waals surface area contributed by atoms with Crippen LogP contribution < -0.4 is 19.5 Å². The number of anilines is 1. The van der Waals surface area contributed by atoms with E-state index in [-0.39, 0.29) is 27.3 Å². The van der Waals surface area contributed by atoms with Gasteiger partial charge < -0.3 is 14.8 Å². The first kappa shape index (κ1) is 21.8. The largest absolute Gasteiger partial charge is 0.495 e. The summed E-state index contributed by atoms with van der Waals surface area (Å²) >= 11 is 6.06. The molecule has 0 aliphatic heterocycles. The summed E-state index contributed by atoms with van der Waals surface area (Å²) in [5.74, 6) is 0.216. The van der Waals surface area contributed by atoms with E-state index in [1.54, 1.807) is 13.0 Å². The Kier molecular flexibility index (Phi) is 7.15. The standard InChI is InChI=1S/C19H23ClN2O5S/c1-5-8-21-19(23)14-9-13(7-6-12(14)2)28(24,25)22-16-11-17(26-3)15(20)10-18(16)27-4/h6-7,9-11,22H,5,8H2,1-4H3,(H,21,23). The number of halogens is 1. The smallest absolute Gasteiger partial charge is 0.262 e. The van der Waals surface area contributed by atoms with Gasteiger partial charge in [0, 0.05) is 24.2 Å². The van der Waals surface area contributed by atoms with Gasteiger partial charge in [-0.1, -0.05) is 24.6 Å². The number of aryl methyl sites for hydroxylation is 1. The van der Waals surface area contributed by atoms with Gasteiger partial charge in [0.05, 0.1) is 29.8 Å². The van der Waals surface area contributed by atoms with E-state index in [1.807, 2.05) is 6.92 Å². The van der Waals surface area contributed by atoms with E-state index < -0.39 is 10.0 Å². The molecule has 0 heterocycles. The lowest BCUT2D eigenvalue weighted by Gasteiger charge is -2.15. The van der Waals surface area contributed by atoms with E-state index in [9.17, 15) is 13.2 Å². The number of nitrogens with one attached hydrogen (secondary N) is 2. The zero-order valence-corrected chi connectivity index (χ0v) is 17.7. The number of carbonyl (C=O) groups excluding carboxylic acids is 1. The highest BCUT2D eigenvalue weighted by Gasteiger charge is 2.21. The highest BCUT2D eigenvalue weighted by atomic mass is 35.5. The van der Waals surface area contributed by atoms with Crippen LogP contribution in [0.2, 0.25) is 5.02 Å². The number of benzene rings is 2. The molecule has 1 amide bonds. The Morgan fingerprint density at radius 3 is 2.39 bits per heavy atom. The molecule has 0 fully saturated rings. The van der Waals surface area contributed by atoms with Gasteiger partial charge in [0.2, 0.25) is 0 Å². The van der Waals surface area contributed by atoms with E-state index in [2.05, 4.69) is 10.0 Å². The van der Waals surface area contributed by atoms with Crippen molar-refractivity contribution < 1.29 is 22.7 Å². The second kappa shape index (κ2) is 9.16. The molecule has 28 heavy (non-hydrogen) atoms. The fourth-order valence-electron chi connectivity index (χ4n) is 2.49. The molecule has 0 spiro atoms. The molecule has 2 rings (SSSR count). The number of amides is 1. The van der Waals surface area contributed by atoms with Crippen molar-refractivity contribution in [3.05, 3.63) is 46.5 Å². The van der Waals surface area contributed by atoms with Crippen LogP contribution in [0.1, 0.15) is 29.3 Å². The molecule has 0 saturated heterocycles. The first-order valence-corrected chi connectivity index (χ1v) is 10.4. The number of methoxy groups -OCH3 is 2. The number of ether oxygens (including phenoxy) is 2. The van der Waals surface area contributed by atoms with E-state index in [0.717, 1.165) is 6.42 Å².